The lowest BCUT2D eigenvalue weighted by atomic mass is 9.74. The number of benzene rings is 7. The molecule has 306 valence electrons. The Hall–Kier alpha value is -6.69. The van der Waals surface area contributed by atoms with E-state index in [1.54, 1.807) is 0 Å². The molecule has 13 rings (SSSR count). The number of ether oxygens (including phenoxy) is 2. The summed E-state index contributed by atoms with van der Waals surface area (Å²) in [5.41, 5.74) is 14.0. The minimum Gasteiger partial charge on any atom is -0.457 e. The van der Waals surface area contributed by atoms with E-state index in [2.05, 4.69) is 166 Å². The van der Waals surface area contributed by atoms with Crippen molar-refractivity contribution in [2.24, 2.45) is 17.8 Å². The fourth-order valence-corrected chi connectivity index (χ4v) is 12.5. The van der Waals surface area contributed by atoms with Crippen molar-refractivity contribution in [2.75, 3.05) is 0 Å². The quantitative estimate of drug-likeness (QED) is 0.177. The van der Waals surface area contributed by atoms with Crippen LogP contribution in [0, 0.1) is 17.8 Å². The second kappa shape index (κ2) is 13.4. The van der Waals surface area contributed by atoms with Crippen LogP contribution in [0.2, 0.25) is 0 Å². The van der Waals surface area contributed by atoms with E-state index in [9.17, 15) is 0 Å². The van der Waals surface area contributed by atoms with Crippen LogP contribution in [0.3, 0.4) is 0 Å². The van der Waals surface area contributed by atoms with Gasteiger partial charge in [-0.2, -0.15) is 0 Å². The first-order valence-corrected chi connectivity index (χ1v) is 22.7. The number of para-hydroxylation sites is 2. The standard InChI is InChI=1S/C58H47N3O2/c1-35-29-36-31-42(30-35)57(34-36)50-32-40(26-28-46(50)58(63-57)47-17-9-11-19-51(47)62-52-20-12-10-18-48(52)58)37-21-23-39(24-22-37)54-59-53(38-13-5-4-6-14-38)60-55(61-54)41-25-27-44-43-15-7-8-16-45(43)56(2,3)49(44)33-41/h4-28,32-33,35-36,42H,29-31,34H2,1-3H3. The molecule has 0 amide bonds. The summed E-state index contributed by atoms with van der Waals surface area (Å²) in [7, 11) is 0. The van der Waals surface area contributed by atoms with Crippen molar-refractivity contribution < 1.29 is 9.47 Å². The largest absolute Gasteiger partial charge is 0.457 e. The lowest BCUT2D eigenvalue weighted by Crippen LogP contribution is -2.38. The Morgan fingerprint density at radius 3 is 1.75 bits per heavy atom. The lowest BCUT2D eigenvalue weighted by Gasteiger charge is -2.41. The van der Waals surface area contributed by atoms with Crippen LogP contribution in [0.25, 0.3) is 56.4 Å². The van der Waals surface area contributed by atoms with Crippen LogP contribution in [-0.4, -0.2) is 15.0 Å². The van der Waals surface area contributed by atoms with Crippen molar-refractivity contribution in [3.8, 4) is 67.9 Å². The van der Waals surface area contributed by atoms with Gasteiger partial charge in [-0.05, 0) is 112 Å². The van der Waals surface area contributed by atoms with Gasteiger partial charge in [0.2, 0.25) is 0 Å². The molecule has 5 aliphatic rings. The monoisotopic (exact) mass is 817 g/mol. The predicted octanol–water partition coefficient (Wildman–Crippen LogP) is 13.9. The maximum Gasteiger partial charge on any atom is 0.164 e. The molecule has 1 aromatic heterocycles. The number of fused-ring (bicyclic) bond motifs is 13. The molecule has 0 N–H and O–H groups in total. The Labute approximate surface area is 368 Å². The summed E-state index contributed by atoms with van der Waals surface area (Å²) < 4.78 is 14.5. The molecule has 4 atom stereocenters. The molecule has 7 aromatic carbocycles. The molecule has 63 heavy (non-hydrogen) atoms. The van der Waals surface area contributed by atoms with Gasteiger partial charge in [0, 0.05) is 33.2 Å². The molecule has 2 aliphatic heterocycles. The van der Waals surface area contributed by atoms with Gasteiger partial charge in [-0.25, -0.2) is 15.0 Å². The zero-order valence-electron chi connectivity index (χ0n) is 35.8. The van der Waals surface area contributed by atoms with Crippen LogP contribution in [0.5, 0.6) is 11.5 Å². The third kappa shape index (κ3) is 5.36. The minimum absolute atomic E-state index is 0.130. The average molecular weight is 818 g/mol. The van der Waals surface area contributed by atoms with Crippen molar-refractivity contribution in [1.29, 1.82) is 0 Å². The molecular formula is C58H47N3O2. The highest BCUT2D eigenvalue weighted by Gasteiger charge is 2.64. The van der Waals surface area contributed by atoms with Crippen molar-refractivity contribution >= 4 is 0 Å². The maximum atomic E-state index is 7.94. The number of hydrogen-bond acceptors (Lipinski definition) is 5. The molecule has 3 heterocycles. The summed E-state index contributed by atoms with van der Waals surface area (Å²) in [4.78, 5) is 15.4. The zero-order chi connectivity index (χ0) is 42.1. The Balaban J connectivity index is 0.919. The van der Waals surface area contributed by atoms with Gasteiger partial charge < -0.3 is 9.47 Å². The van der Waals surface area contributed by atoms with E-state index in [0.717, 1.165) is 51.3 Å². The molecule has 3 aliphatic carbocycles. The van der Waals surface area contributed by atoms with Crippen molar-refractivity contribution in [1.82, 2.24) is 15.0 Å². The first-order chi connectivity index (χ1) is 30.8. The predicted molar refractivity (Wildman–Crippen MR) is 249 cm³/mol. The fraction of sp³-hybridized carbons (Fsp3) is 0.224. The molecule has 2 spiro atoms. The van der Waals surface area contributed by atoms with Gasteiger partial charge in [-0.3, -0.25) is 0 Å². The third-order valence-electron chi connectivity index (χ3n) is 15.2. The summed E-state index contributed by atoms with van der Waals surface area (Å²) in [6.45, 7) is 7.06. The van der Waals surface area contributed by atoms with Crippen LogP contribution in [-0.2, 0) is 21.4 Å². The topological polar surface area (TPSA) is 57.1 Å². The highest BCUT2D eigenvalue weighted by Crippen LogP contribution is 2.68. The number of aromatic nitrogens is 3. The smallest absolute Gasteiger partial charge is 0.164 e. The van der Waals surface area contributed by atoms with Crippen LogP contribution in [0.4, 0.5) is 0 Å². The summed E-state index contributed by atoms with van der Waals surface area (Å²) in [6, 6.07) is 58.6. The number of rotatable bonds is 4. The van der Waals surface area contributed by atoms with Crippen LogP contribution in [0.1, 0.15) is 79.8 Å². The van der Waals surface area contributed by atoms with Crippen molar-refractivity contribution in [3.63, 3.8) is 0 Å². The molecule has 0 saturated heterocycles. The molecule has 5 heteroatoms. The van der Waals surface area contributed by atoms with E-state index < -0.39 is 5.60 Å². The van der Waals surface area contributed by atoms with Gasteiger partial charge in [-0.1, -0.05) is 160 Å². The first kappa shape index (κ1) is 36.9. The molecule has 2 saturated carbocycles. The Bertz CT molecular complexity index is 3110. The lowest BCUT2D eigenvalue weighted by molar-refractivity contribution is -0.129. The van der Waals surface area contributed by atoms with E-state index in [0.29, 0.717) is 35.2 Å². The van der Waals surface area contributed by atoms with Gasteiger partial charge in [0.05, 0.1) is 5.60 Å². The van der Waals surface area contributed by atoms with Crippen LogP contribution < -0.4 is 4.74 Å². The molecular weight excluding hydrogens is 771 g/mol. The van der Waals surface area contributed by atoms with E-state index >= 15 is 0 Å². The zero-order valence-corrected chi connectivity index (χ0v) is 35.8. The maximum absolute atomic E-state index is 7.94. The highest BCUT2D eigenvalue weighted by molar-refractivity contribution is 5.83. The fourth-order valence-electron chi connectivity index (χ4n) is 12.5. The Morgan fingerprint density at radius 2 is 1.02 bits per heavy atom. The number of nitrogens with zero attached hydrogens (tertiary/aromatic N) is 3. The molecule has 5 nitrogen and oxygen atoms in total. The third-order valence-corrected chi connectivity index (χ3v) is 15.2. The highest BCUT2D eigenvalue weighted by atomic mass is 16.5. The van der Waals surface area contributed by atoms with Gasteiger partial charge in [0.25, 0.3) is 0 Å². The summed E-state index contributed by atoms with van der Waals surface area (Å²) in [5.74, 6) is 5.52. The van der Waals surface area contributed by atoms with E-state index in [-0.39, 0.29) is 11.0 Å². The van der Waals surface area contributed by atoms with E-state index in [1.807, 2.05) is 18.2 Å². The van der Waals surface area contributed by atoms with Gasteiger partial charge in [0.15, 0.2) is 23.1 Å². The summed E-state index contributed by atoms with van der Waals surface area (Å²) in [5, 5.41) is 0. The molecule has 4 unspecified atom stereocenters. The van der Waals surface area contributed by atoms with Crippen LogP contribution in [0.15, 0.2) is 164 Å². The Kier molecular flexibility index (Phi) is 7.86. The van der Waals surface area contributed by atoms with Crippen LogP contribution >= 0.6 is 0 Å². The normalized spacial score (nSPS) is 22.5. The van der Waals surface area contributed by atoms with Crippen molar-refractivity contribution in [3.05, 3.63) is 197 Å². The van der Waals surface area contributed by atoms with Gasteiger partial charge in [0.1, 0.15) is 11.5 Å². The second-order valence-corrected chi connectivity index (χ2v) is 19.3. The molecule has 8 aromatic rings. The molecule has 0 radical (unpaired) electrons. The summed E-state index contributed by atoms with van der Waals surface area (Å²) in [6.07, 6.45) is 4.71. The minimum atomic E-state index is -0.755. The van der Waals surface area contributed by atoms with E-state index in [1.165, 1.54) is 58.2 Å². The SMILES string of the molecule is CC1CC2CC(C1)C1(C2)OC2(c3ccccc3Oc3ccccc32)c2ccc(-c3ccc(-c4nc(-c5ccccc5)nc(-c5ccc6c(c5)C(C)(C)c5ccccc5-6)n4)cc3)cc21. The van der Waals surface area contributed by atoms with Gasteiger partial charge in [-0.15, -0.1) is 0 Å². The second-order valence-electron chi connectivity index (χ2n) is 19.3. The number of hydrogen-bond donors (Lipinski definition) is 0. The first-order valence-electron chi connectivity index (χ1n) is 22.7. The molecule has 2 fully saturated rings. The van der Waals surface area contributed by atoms with Crippen molar-refractivity contribution in [2.45, 2.75) is 63.1 Å². The molecule has 2 bridgehead atoms. The van der Waals surface area contributed by atoms with E-state index in [4.69, 9.17) is 24.4 Å². The summed E-state index contributed by atoms with van der Waals surface area (Å²) >= 11 is 0. The Morgan fingerprint density at radius 1 is 0.460 bits per heavy atom. The average Bonchev–Trinajstić information content (AvgIpc) is 3.85. The van der Waals surface area contributed by atoms with Gasteiger partial charge >= 0.3 is 0 Å².